The van der Waals surface area contributed by atoms with Crippen LogP contribution in [0.1, 0.15) is 0 Å². The van der Waals surface area contributed by atoms with Gasteiger partial charge in [0.05, 0.1) is 0 Å². The summed E-state index contributed by atoms with van der Waals surface area (Å²) in [6.07, 6.45) is 0. The monoisotopic (exact) mass is 166 g/mol. The van der Waals surface area contributed by atoms with Crippen LogP contribution in [-0.4, -0.2) is 37.7 Å². The van der Waals surface area contributed by atoms with Crippen LogP contribution in [0.2, 0.25) is 0 Å². The second-order valence-electron chi connectivity index (χ2n) is 1.43. The molecule has 0 aliphatic rings. The van der Waals surface area contributed by atoms with Crippen molar-refractivity contribution in [2.75, 3.05) is 0 Å². The second-order valence-corrected chi connectivity index (χ2v) is 2.13. The van der Waals surface area contributed by atoms with Crippen LogP contribution >= 0.6 is 8.46 Å². The number of hydrogen-bond acceptors (Lipinski definition) is 1. The molecule has 0 aliphatic heterocycles. The van der Waals surface area contributed by atoms with Crippen LogP contribution in [-0.2, 0) is 4.57 Å². The normalized spacial score (nSPS) is 8.44. The molecular formula is C6H7CaOP. The fourth-order valence-electron chi connectivity index (χ4n) is 0.489. The number of hydrogen-bond donors (Lipinski definition) is 0. The minimum atomic E-state index is 0. The summed E-state index contributed by atoms with van der Waals surface area (Å²) in [7, 11) is 0.0994. The second kappa shape index (κ2) is 5.37. The molecule has 0 unspecified atom stereocenters. The Bertz CT molecular complexity index is 176. The molecule has 0 aliphatic carbocycles. The first-order chi connectivity index (χ1) is 3.93. The molecule has 44 valence electrons. The first-order valence-corrected chi connectivity index (χ1v) is 3.13. The number of benzene rings is 1. The first-order valence-electron chi connectivity index (χ1n) is 2.32. The molecule has 0 saturated carbocycles. The van der Waals surface area contributed by atoms with Gasteiger partial charge in [0.1, 0.15) is 0 Å². The maximum atomic E-state index is 10.1. The summed E-state index contributed by atoms with van der Waals surface area (Å²) in [5, 5.41) is 0.826. The van der Waals surface area contributed by atoms with Gasteiger partial charge in [0.15, 0.2) is 8.46 Å². The molecule has 0 heterocycles. The molecular weight excluding hydrogens is 159 g/mol. The van der Waals surface area contributed by atoms with Gasteiger partial charge in [-0.25, -0.2) is 0 Å². The van der Waals surface area contributed by atoms with E-state index >= 15 is 0 Å². The van der Waals surface area contributed by atoms with Crippen molar-refractivity contribution in [1.82, 2.24) is 0 Å². The molecule has 3 heteroatoms. The summed E-state index contributed by atoms with van der Waals surface area (Å²) in [5.74, 6) is 0. The van der Waals surface area contributed by atoms with Gasteiger partial charge >= 0.3 is 37.7 Å². The summed E-state index contributed by atoms with van der Waals surface area (Å²) in [6, 6.07) is 9.25. The van der Waals surface area contributed by atoms with Crippen LogP contribution in [0.25, 0.3) is 0 Å². The molecule has 1 rings (SSSR count). The third kappa shape index (κ3) is 3.32. The molecule has 0 bridgehead atoms. The van der Waals surface area contributed by atoms with Crippen molar-refractivity contribution < 1.29 is 4.57 Å². The van der Waals surface area contributed by atoms with Gasteiger partial charge in [-0.1, -0.05) is 18.2 Å². The first kappa shape index (κ1) is 9.58. The van der Waals surface area contributed by atoms with Crippen molar-refractivity contribution in [3.63, 3.8) is 0 Å². The van der Waals surface area contributed by atoms with Gasteiger partial charge in [-0.2, -0.15) is 0 Å². The zero-order chi connectivity index (χ0) is 5.82. The summed E-state index contributed by atoms with van der Waals surface area (Å²) < 4.78 is 10.1. The summed E-state index contributed by atoms with van der Waals surface area (Å²) in [4.78, 5) is 0. The fraction of sp³-hybridized carbons (Fsp3) is 0. The molecule has 0 saturated heterocycles. The fourth-order valence-corrected chi connectivity index (χ4v) is 0.783. The molecule has 0 aromatic heterocycles. The van der Waals surface area contributed by atoms with Gasteiger partial charge in [0.25, 0.3) is 0 Å². The van der Waals surface area contributed by atoms with Gasteiger partial charge in [0, 0.05) is 5.30 Å². The zero-order valence-electron chi connectivity index (χ0n) is 4.24. The van der Waals surface area contributed by atoms with Crippen molar-refractivity contribution in [3.8, 4) is 0 Å². The molecule has 0 radical (unpaired) electrons. The third-order valence-corrected chi connectivity index (χ3v) is 1.37. The average molecular weight is 166 g/mol. The third-order valence-electron chi connectivity index (χ3n) is 0.862. The Kier molecular flexibility index (Phi) is 5.72. The van der Waals surface area contributed by atoms with Crippen LogP contribution in [0.3, 0.4) is 0 Å². The standard InChI is InChI=1S/C6H5OP.Ca.2H/c7-8-6-4-2-1-3-5-6;;;/h1-5H;;;. The minimum absolute atomic E-state index is 0. The molecule has 1 nitrogen and oxygen atoms in total. The Morgan fingerprint density at radius 2 is 1.67 bits per heavy atom. The van der Waals surface area contributed by atoms with E-state index in [0.717, 1.165) is 5.30 Å². The molecule has 0 spiro atoms. The van der Waals surface area contributed by atoms with E-state index in [-0.39, 0.29) is 46.2 Å². The van der Waals surface area contributed by atoms with Gasteiger partial charge in [-0.3, -0.25) is 4.57 Å². The van der Waals surface area contributed by atoms with Gasteiger partial charge in [0.2, 0.25) is 0 Å². The van der Waals surface area contributed by atoms with Crippen LogP contribution < -0.4 is 5.30 Å². The quantitative estimate of drug-likeness (QED) is 0.443. The zero-order valence-corrected chi connectivity index (χ0v) is 5.14. The maximum absolute atomic E-state index is 10.1. The van der Waals surface area contributed by atoms with Crippen molar-refractivity contribution in [3.05, 3.63) is 30.3 Å². The topological polar surface area (TPSA) is 17.1 Å². The van der Waals surface area contributed by atoms with Crippen molar-refractivity contribution in [1.29, 1.82) is 0 Å². The van der Waals surface area contributed by atoms with Crippen LogP contribution in [0.4, 0.5) is 0 Å². The molecule has 0 N–H and O–H groups in total. The van der Waals surface area contributed by atoms with Gasteiger partial charge < -0.3 is 0 Å². The SMILES string of the molecule is O=Pc1ccccc1.[CaH2]. The molecule has 9 heavy (non-hydrogen) atoms. The van der Waals surface area contributed by atoms with E-state index in [1.165, 1.54) is 0 Å². The molecule has 0 amide bonds. The summed E-state index contributed by atoms with van der Waals surface area (Å²) >= 11 is 0. The Balaban J connectivity index is 0.000000640. The van der Waals surface area contributed by atoms with Crippen LogP contribution in [0.5, 0.6) is 0 Å². The molecule has 0 fully saturated rings. The molecule has 1 aromatic rings. The summed E-state index contributed by atoms with van der Waals surface area (Å²) in [6.45, 7) is 0. The molecule has 1 aromatic carbocycles. The summed E-state index contributed by atoms with van der Waals surface area (Å²) in [5.41, 5.74) is 0. The van der Waals surface area contributed by atoms with Gasteiger partial charge in [-0.15, -0.1) is 0 Å². The predicted molar refractivity (Wildman–Crippen MR) is 42.2 cm³/mol. The Hall–Kier alpha value is 0.580. The van der Waals surface area contributed by atoms with Crippen molar-refractivity contribution in [2.45, 2.75) is 0 Å². The van der Waals surface area contributed by atoms with Crippen LogP contribution in [0, 0.1) is 0 Å². The van der Waals surface area contributed by atoms with E-state index in [1.807, 2.05) is 30.3 Å². The van der Waals surface area contributed by atoms with E-state index in [1.54, 1.807) is 0 Å². The Morgan fingerprint density at radius 1 is 1.11 bits per heavy atom. The molecule has 0 atom stereocenters. The van der Waals surface area contributed by atoms with E-state index in [2.05, 4.69) is 0 Å². The predicted octanol–water partition coefficient (Wildman–Crippen LogP) is 0.687. The Labute approximate surface area is 85.7 Å². The average Bonchev–Trinajstić information content (AvgIpc) is 1.90. The van der Waals surface area contributed by atoms with Gasteiger partial charge in [-0.05, 0) is 12.1 Å². The van der Waals surface area contributed by atoms with Crippen LogP contribution in [0.15, 0.2) is 30.3 Å². The van der Waals surface area contributed by atoms with Crippen molar-refractivity contribution >= 4 is 51.5 Å². The van der Waals surface area contributed by atoms with E-state index in [0.29, 0.717) is 0 Å². The van der Waals surface area contributed by atoms with Crippen molar-refractivity contribution in [2.24, 2.45) is 0 Å². The Morgan fingerprint density at radius 3 is 2.00 bits per heavy atom. The van der Waals surface area contributed by atoms with E-state index < -0.39 is 0 Å². The van der Waals surface area contributed by atoms with E-state index in [9.17, 15) is 4.57 Å². The van der Waals surface area contributed by atoms with E-state index in [4.69, 9.17) is 0 Å². The number of rotatable bonds is 1.